The van der Waals surface area contributed by atoms with E-state index in [-0.39, 0.29) is 6.04 Å². The maximum atomic E-state index is 10.2. The molecule has 2 atom stereocenters. The average molecular weight is 197 g/mol. The van der Waals surface area contributed by atoms with Crippen LogP contribution in [0.1, 0.15) is 24.8 Å². The van der Waals surface area contributed by atoms with Crippen molar-refractivity contribution in [2.45, 2.75) is 37.3 Å². The molecule has 2 nitrogen and oxygen atoms in total. The van der Waals surface area contributed by atoms with E-state index in [1.54, 1.807) is 11.3 Å². The second-order valence-corrected chi connectivity index (χ2v) is 4.82. The number of hydrogen-bond acceptors (Lipinski definition) is 3. The minimum Gasteiger partial charge on any atom is -0.389 e. The largest absolute Gasteiger partial charge is 0.389 e. The molecule has 1 aromatic rings. The van der Waals surface area contributed by atoms with Crippen LogP contribution in [0.25, 0.3) is 0 Å². The topological polar surface area (TPSA) is 46.2 Å². The first-order valence-corrected chi connectivity index (χ1v) is 5.61. The molecule has 1 aliphatic rings. The predicted octanol–water partition coefficient (Wildman–Crippen LogP) is 1.53. The van der Waals surface area contributed by atoms with Crippen LogP contribution >= 0.6 is 11.3 Å². The van der Waals surface area contributed by atoms with E-state index in [0.29, 0.717) is 0 Å². The van der Waals surface area contributed by atoms with Gasteiger partial charge in [-0.2, -0.15) is 11.3 Å². The molecule has 72 valence electrons. The summed E-state index contributed by atoms with van der Waals surface area (Å²) in [6.07, 6.45) is 3.33. The highest BCUT2D eigenvalue weighted by molar-refractivity contribution is 7.07. The van der Waals surface area contributed by atoms with Crippen LogP contribution in [0.15, 0.2) is 16.8 Å². The summed E-state index contributed by atoms with van der Waals surface area (Å²) < 4.78 is 0. The van der Waals surface area contributed by atoms with E-state index >= 15 is 0 Å². The molecule has 3 N–H and O–H groups in total. The molecule has 0 bridgehead atoms. The number of thiophene rings is 1. The molecule has 13 heavy (non-hydrogen) atoms. The lowest BCUT2D eigenvalue weighted by Gasteiger charge is -2.21. The van der Waals surface area contributed by atoms with Crippen molar-refractivity contribution < 1.29 is 5.11 Å². The van der Waals surface area contributed by atoms with Crippen LogP contribution in [0.3, 0.4) is 0 Å². The molecule has 0 spiro atoms. The molecule has 1 fully saturated rings. The van der Waals surface area contributed by atoms with Crippen LogP contribution < -0.4 is 5.73 Å². The lowest BCUT2D eigenvalue weighted by molar-refractivity contribution is 0.0470. The summed E-state index contributed by atoms with van der Waals surface area (Å²) in [6.45, 7) is 0. The quantitative estimate of drug-likeness (QED) is 0.755. The van der Waals surface area contributed by atoms with Crippen LogP contribution in [0.5, 0.6) is 0 Å². The van der Waals surface area contributed by atoms with Crippen LogP contribution in [0.4, 0.5) is 0 Å². The van der Waals surface area contributed by atoms with Gasteiger partial charge in [0.05, 0.1) is 5.60 Å². The van der Waals surface area contributed by atoms with Crippen molar-refractivity contribution in [3.63, 3.8) is 0 Å². The van der Waals surface area contributed by atoms with Crippen LogP contribution in [-0.4, -0.2) is 16.7 Å². The number of hydrogen-bond donors (Lipinski definition) is 2. The molecule has 1 aliphatic carbocycles. The highest BCUT2D eigenvalue weighted by Crippen LogP contribution is 2.32. The fourth-order valence-corrected chi connectivity index (χ4v) is 2.75. The van der Waals surface area contributed by atoms with Gasteiger partial charge >= 0.3 is 0 Å². The zero-order chi connectivity index (χ0) is 9.31. The maximum absolute atomic E-state index is 10.2. The molecule has 0 amide bonds. The van der Waals surface area contributed by atoms with E-state index in [1.807, 2.05) is 5.38 Å². The minimum absolute atomic E-state index is 0.198. The zero-order valence-corrected chi connectivity index (χ0v) is 8.39. The van der Waals surface area contributed by atoms with Gasteiger partial charge in [-0.15, -0.1) is 0 Å². The molecule has 2 unspecified atom stereocenters. The van der Waals surface area contributed by atoms with Gasteiger partial charge in [-0.3, -0.25) is 0 Å². The predicted molar refractivity (Wildman–Crippen MR) is 54.8 cm³/mol. The highest BCUT2D eigenvalue weighted by atomic mass is 32.1. The van der Waals surface area contributed by atoms with Crippen LogP contribution in [0.2, 0.25) is 0 Å². The summed E-state index contributed by atoms with van der Waals surface area (Å²) in [6, 6.07) is 2.27. The molecule has 0 aromatic carbocycles. The smallest absolute Gasteiger partial charge is 0.0703 e. The van der Waals surface area contributed by atoms with Crippen molar-refractivity contribution in [1.82, 2.24) is 0 Å². The van der Waals surface area contributed by atoms with E-state index < -0.39 is 5.60 Å². The van der Waals surface area contributed by atoms with Crippen molar-refractivity contribution in [2.24, 2.45) is 5.73 Å². The van der Waals surface area contributed by atoms with Gasteiger partial charge in [0, 0.05) is 12.5 Å². The molecular formula is C10H15NOS. The van der Waals surface area contributed by atoms with Gasteiger partial charge in [-0.05, 0) is 41.7 Å². The van der Waals surface area contributed by atoms with Crippen molar-refractivity contribution in [2.75, 3.05) is 0 Å². The van der Waals surface area contributed by atoms with Crippen LogP contribution in [-0.2, 0) is 6.42 Å². The van der Waals surface area contributed by atoms with Crippen molar-refractivity contribution in [1.29, 1.82) is 0 Å². The normalized spacial score (nSPS) is 33.8. The molecule has 0 saturated heterocycles. The van der Waals surface area contributed by atoms with Gasteiger partial charge in [0.25, 0.3) is 0 Å². The van der Waals surface area contributed by atoms with Crippen molar-refractivity contribution in [3.8, 4) is 0 Å². The fraction of sp³-hybridized carbons (Fsp3) is 0.600. The monoisotopic (exact) mass is 197 g/mol. The first kappa shape index (κ1) is 9.19. The Morgan fingerprint density at radius 2 is 2.54 bits per heavy atom. The lowest BCUT2D eigenvalue weighted by atomic mass is 9.94. The van der Waals surface area contributed by atoms with Gasteiger partial charge in [0.1, 0.15) is 0 Å². The Morgan fingerprint density at radius 3 is 3.08 bits per heavy atom. The van der Waals surface area contributed by atoms with Gasteiger partial charge in [-0.25, -0.2) is 0 Å². The summed E-state index contributed by atoms with van der Waals surface area (Å²) in [7, 11) is 0. The SMILES string of the molecule is NC1CCC(O)(Cc2ccsc2)C1. The van der Waals surface area contributed by atoms with E-state index in [0.717, 1.165) is 25.7 Å². The number of rotatable bonds is 2. The van der Waals surface area contributed by atoms with E-state index in [9.17, 15) is 5.11 Å². The first-order chi connectivity index (χ1) is 6.18. The molecule has 2 rings (SSSR count). The first-order valence-electron chi connectivity index (χ1n) is 4.67. The van der Waals surface area contributed by atoms with Gasteiger partial charge in [0.15, 0.2) is 0 Å². The lowest BCUT2D eigenvalue weighted by Crippen LogP contribution is -2.30. The molecule has 1 aromatic heterocycles. The number of nitrogens with two attached hydrogens (primary N) is 1. The standard InChI is InChI=1S/C10H15NOS/c11-9-1-3-10(12,6-9)5-8-2-4-13-7-8/h2,4,7,9,12H,1,3,5-6,11H2. The number of aliphatic hydroxyl groups is 1. The highest BCUT2D eigenvalue weighted by Gasteiger charge is 2.35. The maximum Gasteiger partial charge on any atom is 0.0703 e. The Morgan fingerprint density at radius 1 is 1.69 bits per heavy atom. The molecule has 3 heteroatoms. The summed E-state index contributed by atoms with van der Waals surface area (Å²) in [5.74, 6) is 0. The van der Waals surface area contributed by atoms with Crippen molar-refractivity contribution >= 4 is 11.3 Å². The second-order valence-electron chi connectivity index (χ2n) is 4.04. The third-order valence-electron chi connectivity index (χ3n) is 2.74. The second kappa shape index (κ2) is 3.40. The Bertz CT molecular complexity index is 272. The fourth-order valence-electron chi connectivity index (χ4n) is 2.08. The van der Waals surface area contributed by atoms with Crippen LogP contribution in [0, 0.1) is 0 Å². The summed E-state index contributed by atoms with van der Waals surface area (Å²) in [5.41, 5.74) is 6.49. The third-order valence-corrected chi connectivity index (χ3v) is 3.47. The van der Waals surface area contributed by atoms with Gasteiger partial charge in [0.2, 0.25) is 0 Å². The zero-order valence-electron chi connectivity index (χ0n) is 7.57. The third kappa shape index (κ3) is 2.10. The Labute approximate surface area is 82.4 Å². The summed E-state index contributed by atoms with van der Waals surface area (Å²) in [5, 5.41) is 14.3. The van der Waals surface area contributed by atoms with Crippen molar-refractivity contribution in [3.05, 3.63) is 22.4 Å². The Hall–Kier alpha value is -0.380. The molecule has 1 saturated carbocycles. The van der Waals surface area contributed by atoms with E-state index in [2.05, 4.69) is 11.4 Å². The van der Waals surface area contributed by atoms with Gasteiger partial charge < -0.3 is 10.8 Å². The van der Waals surface area contributed by atoms with Gasteiger partial charge in [-0.1, -0.05) is 0 Å². The molecule has 0 radical (unpaired) electrons. The Balaban J connectivity index is 2.01. The molecule has 0 aliphatic heterocycles. The minimum atomic E-state index is -0.527. The average Bonchev–Trinajstić information content (AvgIpc) is 2.62. The Kier molecular flexibility index (Phi) is 2.41. The van der Waals surface area contributed by atoms with E-state index in [1.165, 1.54) is 5.56 Å². The molecule has 1 heterocycles. The molecular weight excluding hydrogens is 182 g/mol. The summed E-state index contributed by atoms with van der Waals surface area (Å²) in [4.78, 5) is 0. The van der Waals surface area contributed by atoms with E-state index in [4.69, 9.17) is 5.73 Å². The summed E-state index contributed by atoms with van der Waals surface area (Å²) >= 11 is 1.68.